The monoisotopic (exact) mass is 202 g/mol. The van der Waals surface area contributed by atoms with E-state index in [1.165, 1.54) is 32.1 Å². The van der Waals surface area contributed by atoms with Crippen LogP contribution in [0.25, 0.3) is 0 Å². The summed E-state index contributed by atoms with van der Waals surface area (Å²) in [6, 6.07) is 1.90. The van der Waals surface area contributed by atoms with E-state index in [1.54, 1.807) is 6.20 Å². The van der Waals surface area contributed by atoms with Gasteiger partial charge in [0.15, 0.2) is 0 Å². The van der Waals surface area contributed by atoms with Crippen LogP contribution in [0.3, 0.4) is 0 Å². The molecule has 0 saturated heterocycles. The van der Waals surface area contributed by atoms with Crippen molar-refractivity contribution in [2.75, 3.05) is 5.73 Å². The molecule has 0 atom stereocenters. The zero-order valence-electron chi connectivity index (χ0n) is 8.61. The Morgan fingerprint density at radius 2 is 2.07 bits per heavy atom. The molecule has 0 bridgehead atoms. The van der Waals surface area contributed by atoms with E-state index in [4.69, 9.17) is 11.0 Å². The second kappa shape index (κ2) is 4.26. The number of nitrogens with two attached hydrogens (primary N) is 1. The first-order valence-electron chi connectivity index (χ1n) is 5.34. The van der Waals surface area contributed by atoms with Crippen LogP contribution in [0.4, 0.5) is 5.82 Å². The average molecular weight is 202 g/mol. The third-order valence-electron chi connectivity index (χ3n) is 2.99. The molecule has 0 spiro atoms. The van der Waals surface area contributed by atoms with E-state index in [1.807, 2.05) is 6.07 Å². The predicted octanol–water partition coefficient (Wildman–Crippen LogP) is 1.98. The van der Waals surface area contributed by atoms with Gasteiger partial charge in [0.25, 0.3) is 0 Å². The largest absolute Gasteiger partial charge is 0.383 e. The summed E-state index contributed by atoms with van der Waals surface area (Å²) in [4.78, 5) is 7.95. The Morgan fingerprint density at radius 1 is 1.33 bits per heavy atom. The van der Waals surface area contributed by atoms with Crippen molar-refractivity contribution >= 4 is 5.82 Å². The molecule has 1 aliphatic carbocycles. The van der Waals surface area contributed by atoms with Crippen LogP contribution in [-0.4, -0.2) is 9.97 Å². The summed E-state index contributed by atoms with van der Waals surface area (Å²) >= 11 is 0. The molecule has 1 fully saturated rings. The molecule has 1 saturated carbocycles. The first-order valence-corrected chi connectivity index (χ1v) is 5.34. The highest BCUT2D eigenvalue weighted by atomic mass is 14.9. The lowest BCUT2D eigenvalue weighted by Gasteiger charge is -2.22. The van der Waals surface area contributed by atoms with E-state index < -0.39 is 0 Å². The van der Waals surface area contributed by atoms with Gasteiger partial charge in [0, 0.05) is 11.8 Å². The lowest BCUT2D eigenvalue weighted by atomic mass is 9.85. The maximum atomic E-state index is 8.63. The number of nitrogens with zero attached hydrogens (tertiary/aromatic N) is 3. The minimum Gasteiger partial charge on any atom is -0.383 e. The highest BCUT2D eigenvalue weighted by Crippen LogP contribution is 2.34. The van der Waals surface area contributed by atoms with Gasteiger partial charge in [0.05, 0.1) is 0 Å². The van der Waals surface area contributed by atoms with Crippen molar-refractivity contribution in [1.29, 1.82) is 5.26 Å². The second-order valence-corrected chi connectivity index (χ2v) is 3.98. The Hall–Kier alpha value is -1.63. The fourth-order valence-electron chi connectivity index (χ4n) is 2.19. The van der Waals surface area contributed by atoms with Gasteiger partial charge in [-0.3, -0.25) is 0 Å². The van der Waals surface area contributed by atoms with Crippen LogP contribution in [0, 0.1) is 11.3 Å². The van der Waals surface area contributed by atoms with Gasteiger partial charge in [-0.15, -0.1) is 0 Å². The fraction of sp³-hybridized carbons (Fsp3) is 0.545. The number of aromatic nitrogens is 2. The quantitative estimate of drug-likeness (QED) is 0.755. The van der Waals surface area contributed by atoms with Crippen molar-refractivity contribution < 1.29 is 0 Å². The van der Waals surface area contributed by atoms with Crippen molar-refractivity contribution in [1.82, 2.24) is 9.97 Å². The summed E-state index contributed by atoms with van der Waals surface area (Å²) < 4.78 is 0. The Kier molecular flexibility index (Phi) is 2.82. The first-order chi connectivity index (χ1) is 7.31. The van der Waals surface area contributed by atoms with Gasteiger partial charge < -0.3 is 5.73 Å². The highest BCUT2D eigenvalue weighted by molar-refractivity contribution is 5.41. The average Bonchev–Trinajstić information content (AvgIpc) is 2.30. The van der Waals surface area contributed by atoms with Gasteiger partial charge in [-0.1, -0.05) is 19.3 Å². The van der Waals surface area contributed by atoms with Crippen LogP contribution in [0.2, 0.25) is 0 Å². The molecular weight excluding hydrogens is 188 g/mol. The fourth-order valence-corrected chi connectivity index (χ4v) is 2.19. The van der Waals surface area contributed by atoms with E-state index in [0.29, 0.717) is 11.7 Å². The molecule has 0 radical (unpaired) electrons. The summed E-state index contributed by atoms with van der Waals surface area (Å²) in [5.41, 5.74) is 6.85. The summed E-state index contributed by atoms with van der Waals surface area (Å²) in [5.74, 6) is 1.13. The molecule has 2 N–H and O–H groups in total. The highest BCUT2D eigenvalue weighted by Gasteiger charge is 2.18. The molecular formula is C11H14N4. The van der Waals surface area contributed by atoms with Gasteiger partial charge in [0.1, 0.15) is 11.9 Å². The van der Waals surface area contributed by atoms with Crippen molar-refractivity contribution in [3.05, 3.63) is 17.6 Å². The topological polar surface area (TPSA) is 75.6 Å². The smallest absolute Gasteiger partial charge is 0.234 e. The van der Waals surface area contributed by atoms with Crippen LogP contribution in [0.5, 0.6) is 0 Å². The number of hydrogen-bond acceptors (Lipinski definition) is 4. The molecule has 0 aromatic carbocycles. The van der Waals surface area contributed by atoms with Crippen molar-refractivity contribution in [3.63, 3.8) is 0 Å². The van der Waals surface area contributed by atoms with Gasteiger partial charge in [-0.25, -0.2) is 9.97 Å². The van der Waals surface area contributed by atoms with Gasteiger partial charge >= 0.3 is 0 Å². The summed E-state index contributed by atoms with van der Waals surface area (Å²) in [7, 11) is 0. The molecule has 0 aliphatic heterocycles. The number of anilines is 1. The Labute approximate surface area is 89.2 Å². The molecule has 0 unspecified atom stereocenters. The maximum absolute atomic E-state index is 8.63. The first kappa shape index (κ1) is 9.91. The zero-order valence-corrected chi connectivity index (χ0v) is 8.61. The molecule has 0 amide bonds. The van der Waals surface area contributed by atoms with Crippen molar-refractivity contribution in [2.24, 2.45) is 0 Å². The van der Waals surface area contributed by atoms with E-state index in [9.17, 15) is 0 Å². The Morgan fingerprint density at radius 3 is 2.67 bits per heavy atom. The molecule has 15 heavy (non-hydrogen) atoms. The number of rotatable bonds is 1. The molecule has 1 aromatic heterocycles. The predicted molar refractivity (Wildman–Crippen MR) is 57.0 cm³/mol. The molecule has 2 rings (SSSR count). The standard InChI is InChI=1S/C11H14N4/c12-6-10-14-7-9(11(13)15-10)8-4-2-1-3-5-8/h7-8H,1-5H2,(H2,13,14,15). The lowest BCUT2D eigenvalue weighted by Crippen LogP contribution is -2.10. The van der Waals surface area contributed by atoms with Crippen molar-refractivity contribution in [2.45, 2.75) is 38.0 Å². The molecule has 1 heterocycles. The second-order valence-electron chi connectivity index (χ2n) is 3.98. The third kappa shape index (κ3) is 2.07. The molecule has 1 aromatic rings. The van der Waals surface area contributed by atoms with Crippen LogP contribution in [-0.2, 0) is 0 Å². The third-order valence-corrected chi connectivity index (χ3v) is 2.99. The summed E-state index contributed by atoms with van der Waals surface area (Å²) in [5, 5.41) is 8.63. The van der Waals surface area contributed by atoms with E-state index in [-0.39, 0.29) is 5.82 Å². The summed E-state index contributed by atoms with van der Waals surface area (Å²) in [6.07, 6.45) is 7.87. The lowest BCUT2D eigenvalue weighted by molar-refractivity contribution is 0.443. The molecule has 4 nitrogen and oxygen atoms in total. The normalized spacial score (nSPS) is 17.3. The van der Waals surface area contributed by atoms with E-state index in [0.717, 1.165) is 5.56 Å². The maximum Gasteiger partial charge on any atom is 0.234 e. The molecule has 78 valence electrons. The number of hydrogen-bond donors (Lipinski definition) is 1. The van der Waals surface area contributed by atoms with Crippen LogP contribution < -0.4 is 5.73 Å². The SMILES string of the molecule is N#Cc1ncc(C2CCCCC2)c(N)n1. The molecule has 4 heteroatoms. The summed E-state index contributed by atoms with van der Waals surface area (Å²) in [6.45, 7) is 0. The zero-order chi connectivity index (χ0) is 10.7. The molecule has 1 aliphatic rings. The Balaban J connectivity index is 2.24. The van der Waals surface area contributed by atoms with E-state index >= 15 is 0 Å². The number of nitriles is 1. The van der Waals surface area contributed by atoms with Gasteiger partial charge in [-0.05, 0) is 18.8 Å². The Bertz CT molecular complexity index is 388. The van der Waals surface area contributed by atoms with Crippen LogP contribution >= 0.6 is 0 Å². The van der Waals surface area contributed by atoms with E-state index in [2.05, 4.69) is 9.97 Å². The van der Waals surface area contributed by atoms with Gasteiger partial charge in [0.2, 0.25) is 5.82 Å². The van der Waals surface area contributed by atoms with Crippen LogP contribution in [0.15, 0.2) is 6.20 Å². The van der Waals surface area contributed by atoms with Crippen LogP contribution in [0.1, 0.15) is 49.4 Å². The van der Waals surface area contributed by atoms with Gasteiger partial charge in [-0.2, -0.15) is 5.26 Å². The minimum atomic E-state index is 0.159. The minimum absolute atomic E-state index is 0.159. The van der Waals surface area contributed by atoms with Crippen molar-refractivity contribution in [3.8, 4) is 6.07 Å². The number of nitrogen functional groups attached to an aromatic ring is 1.